The lowest BCUT2D eigenvalue weighted by Crippen LogP contribution is -2.14. The van der Waals surface area contributed by atoms with Crippen molar-refractivity contribution in [2.24, 2.45) is 0 Å². The summed E-state index contributed by atoms with van der Waals surface area (Å²) in [6, 6.07) is 0. The molecule has 54 valence electrons. The second-order valence-electron chi connectivity index (χ2n) is 2.17. The van der Waals surface area contributed by atoms with Crippen LogP contribution in [0, 0.1) is 6.92 Å². The Morgan fingerprint density at radius 3 is 2.90 bits per heavy atom. The number of hydrogen-bond acceptors (Lipinski definition) is 2. The molecule has 0 aromatic carbocycles. The van der Waals surface area contributed by atoms with Crippen LogP contribution in [0.5, 0.6) is 0 Å². The van der Waals surface area contributed by atoms with Crippen LogP contribution in [-0.2, 0) is 6.42 Å². The van der Waals surface area contributed by atoms with Gasteiger partial charge in [-0.2, -0.15) is 0 Å². The van der Waals surface area contributed by atoms with Crippen LogP contribution in [0.25, 0.3) is 0 Å². The first-order chi connectivity index (χ1) is 4.74. The van der Waals surface area contributed by atoms with E-state index >= 15 is 0 Å². The van der Waals surface area contributed by atoms with E-state index in [-0.39, 0.29) is 5.56 Å². The number of aromatic amines is 1. The molecule has 0 aliphatic rings. The summed E-state index contributed by atoms with van der Waals surface area (Å²) in [5.74, 6) is 0. The van der Waals surface area contributed by atoms with Crippen molar-refractivity contribution in [3.63, 3.8) is 0 Å². The zero-order chi connectivity index (χ0) is 7.56. The molecule has 10 heavy (non-hydrogen) atoms. The summed E-state index contributed by atoms with van der Waals surface area (Å²) < 4.78 is 0. The summed E-state index contributed by atoms with van der Waals surface area (Å²) in [4.78, 5) is 17.5. The molecule has 0 aliphatic carbocycles. The minimum Gasteiger partial charge on any atom is -0.326 e. The highest BCUT2D eigenvalue weighted by Crippen LogP contribution is 1.88. The van der Waals surface area contributed by atoms with Crippen LogP contribution in [0.3, 0.4) is 0 Å². The zero-order valence-corrected chi connectivity index (χ0v) is 6.14. The van der Waals surface area contributed by atoms with E-state index in [0.29, 0.717) is 12.1 Å². The summed E-state index contributed by atoms with van der Waals surface area (Å²) in [6.07, 6.45) is 2.30. The van der Waals surface area contributed by atoms with E-state index in [1.165, 1.54) is 0 Å². The van der Waals surface area contributed by atoms with Gasteiger partial charge < -0.3 is 4.98 Å². The van der Waals surface area contributed by atoms with E-state index in [2.05, 4.69) is 9.97 Å². The molecule has 0 unspecified atom stereocenters. The summed E-state index contributed by atoms with van der Waals surface area (Å²) in [6.45, 7) is 3.77. The number of H-pyrrole nitrogens is 1. The van der Waals surface area contributed by atoms with E-state index in [4.69, 9.17) is 0 Å². The monoisotopic (exact) mass is 138 g/mol. The summed E-state index contributed by atoms with van der Waals surface area (Å²) in [5.41, 5.74) is 1.39. The molecule has 0 atom stereocenters. The Kier molecular flexibility index (Phi) is 1.85. The predicted molar refractivity (Wildman–Crippen MR) is 39.0 cm³/mol. The fraction of sp³-hybridized carbons (Fsp3) is 0.429. The van der Waals surface area contributed by atoms with Gasteiger partial charge in [0, 0.05) is 6.20 Å². The van der Waals surface area contributed by atoms with Gasteiger partial charge in [-0.15, -0.1) is 0 Å². The first-order valence-electron chi connectivity index (χ1n) is 3.29. The maximum atomic E-state index is 10.9. The van der Waals surface area contributed by atoms with Crippen molar-refractivity contribution in [1.29, 1.82) is 0 Å². The van der Waals surface area contributed by atoms with Crippen LogP contribution in [-0.4, -0.2) is 9.97 Å². The predicted octanol–water partition coefficient (Wildman–Crippen LogP) is 0.641. The zero-order valence-electron chi connectivity index (χ0n) is 6.14. The fourth-order valence-electron chi connectivity index (χ4n) is 0.789. The maximum absolute atomic E-state index is 10.9. The molecular weight excluding hydrogens is 128 g/mol. The van der Waals surface area contributed by atoms with Gasteiger partial charge in [0.1, 0.15) is 5.69 Å². The minimum atomic E-state index is -0.0758. The van der Waals surface area contributed by atoms with Crippen LogP contribution in [0.15, 0.2) is 11.0 Å². The number of nitrogens with zero attached hydrogens (tertiary/aromatic N) is 1. The van der Waals surface area contributed by atoms with E-state index in [9.17, 15) is 4.79 Å². The Bertz CT molecular complexity index is 277. The normalized spacial score (nSPS) is 9.80. The van der Waals surface area contributed by atoms with E-state index in [1.807, 2.05) is 13.8 Å². The second kappa shape index (κ2) is 2.64. The molecular formula is C7H10N2O. The highest BCUT2D eigenvalue weighted by Gasteiger charge is 1.96. The third kappa shape index (κ3) is 1.23. The van der Waals surface area contributed by atoms with Crippen LogP contribution < -0.4 is 5.56 Å². The number of hydrogen-bond donors (Lipinski definition) is 1. The molecule has 1 aromatic heterocycles. The molecule has 1 N–H and O–H groups in total. The summed E-state index contributed by atoms with van der Waals surface area (Å²) in [7, 11) is 0. The van der Waals surface area contributed by atoms with Gasteiger partial charge in [-0.25, -0.2) is 0 Å². The van der Waals surface area contributed by atoms with Gasteiger partial charge in [-0.05, 0) is 13.3 Å². The minimum absolute atomic E-state index is 0.0758. The smallest absolute Gasteiger partial charge is 0.269 e. The lowest BCUT2D eigenvalue weighted by molar-refractivity contribution is 0.935. The van der Waals surface area contributed by atoms with Crippen molar-refractivity contribution >= 4 is 0 Å². The van der Waals surface area contributed by atoms with Gasteiger partial charge in [0.25, 0.3) is 5.56 Å². The second-order valence-corrected chi connectivity index (χ2v) is 2.17. The fourth-order valence-corrected chi connectivity index (χ4v) is 0.789. The van der Waals surface area contributed by atoms with Gasteiger partial charge >= 0.3 is 0 Å². The highest BCUT2D eigenvalue weighted by molar-refractivity contribution is 5.01. The van der Waals surface area contributed by atoms with E-state index in [1.54, 1.807) is 6.20 Å². The molecule has 3 heteroatoms. The van der Waals surface area contributed by atoms with Crippen molar-refractivity contribution in [2.45, 2.75) is 20.3 Å². The molecule has 0 radical (unpaired) electrons. The van der Waals surface area contributed by atoms with Crippen molar-refractivity contribution in [3.8, 4) is 0 Å². The van der Waals surface area contributed by atoms with Gasteiger partial charge in [0.2, 0.25) is 0 Å². The molecule has 0 bridgehead atoms. The maximum Gasteiger partial charge on any atom is 0.269 e. The van der Waals surface area contributed by atoms with Crippen LogP contribution in [0.1, 0.15) is 18.3 Å². The SMILES string of the molecule is CCc1nc(C)c[nH]c1=O. The molecule has 1 aromatic rings. The number of aryl methyl sites for hydroxylation is 2. The third-order valence-electron chi connectivity index (χ3n) is 1.32. The molecule has 1 heterocycles. The number of aromatic nitrogens is 2. The van der Waals surface area contributed by atoms with Gasteiger partial charge in [-0.1, -0.05) is 6.92 Å². The van der Waals surface area contributed by atoms with Crippen molar-refractivity contribution in [3.05, 3.63) is 27.9 Å². The third-order valence-corrected chi connectivity index (χ3v) is 1.32. The van der Waals surface area contributed by atoms with Gasteiger partial charge in [-0.3, -0.25) is 9.78 Å². The molecule has 3 nitrogen and oxygen atoms in total. The van der Waals surface area contributed by atoms with Crippen molar-refractivity contribution < 1.29 is 0 Å². The Morgan fingerprint density at radius 2 is 2.40 bits per heavy atom. The standard InChI is InChI=1S/C7H10N2O/c1-3-6-7(10)8-4-5(2)9-6/h4H,3H2,1-2H3,(H,8,10). The average molecular weight is 138 g/mol. The highest BCUT2D eigenvalue weighted by atomic mass is 16.1. The Morgan fingerprint density at radius 1 is 1.70 bits per heavy atom. The van der Waals surface area contributed by atoms with Gasteiger partial charge in [0.05, 0.1) is 5.69 Å². The molecule has 0 saturated carbocycles. The number of rotatable bonds is 1. The lowest BCUT2D eigenvalue weighted by Gasteiger charge is -1.94. The molecule has 0 aliphatic heterocycles. The quantitative estimate of drug-likeness (QED) is 0.619. The molecule has 0 saturated heterocycles. The van der Waals surface area contributed by atoms with Crippen molar-refractivity contribution in [1.82, 2.24) is 9.97 Å². The Labute approximate surface area is 59.1 Å². The summed E-state index contributed by atoms with van der Waals surface area (Å²) in [5, 5.41) is 0. The largest absolute Gasteiger partial charge is 0.326 e. The number of nitrogens with one attached hydrogen (secondary N) is 1. The first kappa shape index (κ1) is 6.99. The van der Waals surface area contributed by atoms with Crippen molar-refractivity contribution in [2.75, 3.05) is 0 Å². The lowest BCUT2D eigenvalue weighted by atomic mass is 10.3. The van der Waals surface area contributed by atoms with Gasteiger partial charge in [0.15, 0.2) is 0 Å². The first-order valence-corrected chi connectivity index (χ1v) is 3.29. The average Bonchev–Trinajstić information content (AvgIpc) is 1.94. The topological polar surface area (TPSA) is 45.8 Å². The molecule has 0 amide bonds. The van der Waals surface area contributed by atoms with Crippen LogP contribution in [0.4, 0.5) is 0 Å². The van der Waals surface area contributed by atoms with E-state index < -0.39 is 0 Å². The van der Waals surface area contributed by atoms with Crippen LogP contribution >= 0.6 is 0 Å². The van der Waals surface area contributed by atoms with E-state index in [0.717, 1.165) is 5.69 Å². The molecule has 1 rings (SSSR count). The van der Waals surface area contributed by atoms with Crippen LogP contribution in [0.2, 0.25) is 0 Å². The Balaban J connectivity index is 3.22. The summed E-state index contributed by atoms with van der Waals surface area (Å²) >= 11 is 0. The Hall–Kier alpha value is -1.12. The molecule has 0 fully saturated rings. The molecule has 0 spiro atoms.